The molecule has 1 aliphatic carbocycles. The molecule has 0 unspecified atom stereocenters. The van der Waals surface area contributed by atoms with Crippen LogP contribution in [0.15, 0.2) is 41.4 Å². The molecule has 1 aromatic heterocycles. The number of carbonyl (C=O) groups excluding carboxylic acids is 1. The average molecular weight is 596 g/mol. The minimum atomic E-state index is -4.11. The number of sulfone groups is 1. The van der Waals surface area contributed by atoms with Crippen molar-refractivity contribution in [2.45, 2.75) is 82.6 Å². The van der Waals surface area contributed by atoms with Crippen molar-refractivity contribution in [2.24, 2.45) is 11.8 Å². The van der Waals surface area contributed by atoms with Crippen molar-refractivity contribution in [2.75, 3.05) is 25.5 Å². The van der Waals surface area contributed by atoms with Gasteiger partial charge in [0.2, 0.25) is 0 Å². The number of aromatic nitrogens is 1. The fourth-order valence-electron chi connectivity index (χ4n) is 5.99. The number of hydrogen-bond donors (Lipinski definition) is 1. The minimum Gasteiger partial charge on any atom is -0.379 e. The van der Waals surface area contributed by atoms with Gasteiger partial charge in [0, 0.05) is 25.9 Å². The average Bonchev–Trinajstić information content (AvgIpc) is 3.31. The van der Waals surface area contributed by atoms with Gasteiger partial charge in [-0.3, -0.25) is 14.7 Å². The summed E-state index contributed by atoms with van der Waals surface area (Å²) in [6.45, 7) is 7.54. The van der Waals surface area contributed by atoms with Crippen LogP contribution in [0, 0.1) is 11.8 Å². The molecule has 2 atom stereocenters. The molecule has 4 rings (SSSR count). The van der Waals surface area contributed by atoms with Gasteiger partial charge < -0.3 is 10.1 Å². The Kier molecular flexibility index (Phi) is 10.1. The van der Waals surface area contributed by atoms with Gasteiger partial charge in [0.25, 0.3) is 5.91 Å². The Morgan fingerprint density at radius 1 is 1.12 bits per heavy atom. The van der Waals surface area contributed by atoms with Gasteiger partial charge in [0.15, 0.2) is 9.84 Å². The number of rotatable bonds is 11. The highest BCUT2D eigenvalue weighted by atomic mass is 32.2. The molecule has 1 fully saturated rings. The number of alkyl halides is 3. The van der Waals surface area contributed by atoms with Crippen LogP contribution in [0.3, 0.4) is 0 Å². The first-order valence-corrected chi connectivity index (χ1v) is 16.1. The number of amides is 1. The molecule has 2 aliphatic rings. The highest BCUT2D eigenvalue weighted by molar-refractivity contribution is 7.91. The lowest BCUT2D eigenvalue weighted by Crippen LogP contribution is -2.33. The quantitative estimate of drug-likeness (QED) is 0.342. The molecule has 1 amide bonds. The van der Waals surface area contributed by atoms with Crippen molar-refractivity contribution in [1.29, 1.82) is 0 Å². The maximum absolute atomic E-state index is 13.3. The standard InChI is InChI=1S/C30H40F3N3O4S/c1-4-27-28-23(18-36(27)17-20-7-11-24(12-8-20)30(31,32)33)15-22(16-34-28)29(37)35-26(19-40-5-2)21-9-13-25(14-10-21)41(38,39)6-3/h9-10,13-16,20,24,26-27H,4-8,11-12,17-19H2,1-3H3,(H,35,37)/t20?,24?,26-,27-/m0/s1. The zero-order chi connectivity index (χ0) is 29.8. The second-order valence-electron chi connectivity index (χ2n) is 11.0. The van der Waals surface area contributed by atoms with Crippen molar-refractivity contribution in [3.63, 3.8) is 0 Å². The second-order valence-corrected chi connectivity index (χ2v) is 13.3. The van der Waals surface area contributed by atoms with Crippen LogP contribution < -0.4 is 5.32 Å². The summed E-state index contributed by atoms with van der Waals surface area (Å²) >= 11 is 0. The van der Waals surface area contributed by atoms with E-state index in [1.807, 2.05) is 13.0 Å². The second kappa shape index (κ2) is 13.2. The fourth-order valence-corrected chi connectivity index (χ4v) is 6.88. The summed E-state index contributed by atoms with van der Waals surface area (Å²) in [5, 5.41) is 3.01. The molecular weight excluding hydrogens is 555 g/mol. The molecular formula is C30H40F3N3O4S. The van der Waals surface area contributed by atoms with Crippen molar-refractivity contribution in [1.82, 2.24) is 15.2 Å². The molecule has 2 heterocycles. The predicted octanol–water partition coefficient (Wildman–Crippen LogP) is 6.02. The number of carbonyl (C=O) groups is 1. The zero-order valence-corrected chi connectivity index (χ0v) is 24.7. The Labute approximate surface area is 240 Å². The summed E-state index contributed by atoms with van der Waals surface area (Å²) in [6.07, 6.45) is -0.194. The molecule has 1 aliphatic heterocycles. The molecule has 226 valence electrons. The molecule has 1 saturated carbocycles. The van der Waals surface area contributed by atoms with Crippen LogP contribution in [0.2, 0.25) is 0 Å². The Balaban J connectivity index is 1.44. The molecule has 1 aromatic carbocycles. The van der Waals surface area contributed by atoms with Crippen molar-refractivity contribution in [3.05, 3.63) is 58.9 Å². The number of nitrogens with one attached hydrogen (secondary N) is 1. The van der Waals surface area contributed by atoms with E-state index in [9.17, 15) is 26.4 Å². The lowest BCUT2D eigenvalue weighted by molar-refractivity contribution is -0.184. The Hall–Kier alpha value is -2.50. The van der Waals surface area contributed by atoms with Crippen LogP contribution in [-0.2, 0) is 21.1 Å². The summed E-state index contributed by atoms with van der Waals surface area (Å²) in [5.74, 6) is -1.27. The molecule has 0 radical (unpaired) electrons. The maximum atomic E-state index is 13.3. The lowest BCUT2D eigenvalue weighted by Gasteiger charge is -2.33. The van der Waals surface area contributed by atoms with Gasteiger partial charge in [-0.1, -0.05) is 26.0 Å². The van der Waals surface area contributed by atoms with Gasteiger partial charge in [0.05, 0.1) is 46.5 Å². The molecule has 11 heteroatoms. The van der Waals surface area contributed by atoms with Crippen molar-refractivity contribution < 1.29 is 31.1 Å². The van der Waals surface area contributed by atoms with Crippen LogP contribution in [0.25, 0.3) is 0 Å². The monoisotopic (exact) mass is 595 g/mol. The molecule has 0 saturated heterocycles. The van der Waals surface area contributed by atoms with Gasteiger partial charge >= 0.3 is 6.18 Å². The van der Waals surface area contributed by atoms with Crippen LogP contribution in [0.1, 0.15) is 92.1 Å². The Bertz CT molecular complexity index is 1290. The van der Waals surface area contributed by atoms with Gasteiger partial charge in [0.1, 0.15) is 0 Å². The number of halogens is 3. The molecule has 41 heavy (non-hydrogen) atoms. The predicted molar refractivity (Wildman–Crippen MR) is 150 cm³/mol. The molecule has 7 nitrogen and oxygen atoms in total. The third-order valence-corrected chi connectivity index (χ3v) is 10.1. The lowest BCUT2D eigenvalue weighted by atomic mass is 9.81. The van der Waals surface area contributed by atoms with E-state index in [0.717, 1.165) is 29.8 Å². The van der Waals surface area contributed by atoms with E-state index in [4.69, 9.17) is 4.74 Å². The number of benzene rings is 1. The Morgan fingerprint density at radius 2 is 1.80 bits per heavy atom. The van der Waals surface area contributed by atoms with E-state index >= 15 is 0 Å². The first kappa shape index (κ1) is 31.4. The third kappa shape index (κ3) is 7.48. The number of pyridine rings is 1. The van der Waals surface area contributed by atoms with E-state index in [0.29, 0.717) is 31.6 Å². The van der Waals surface area contributed by atoms with Crippen molar-refractivity contribution in [3.8, 4) is 0 Å². The largest absolute Gasteiger partial charge is 0.391 e. The summed E-state index contributed by atoms with van der Waals surface area (Å²) in [7, 11) is -3.33. The Morgan fingerprint density at radius 3 is 2.39 bits per heavy atom. The first-order chi connectivity index (χ1) is 19.5. The SMILES string of the molecule is CCOC[C@H](NC(=O)c1cnc2c(c1)CN(CC1CCC(C(F)(F)F)CC1)[C@H]2CC)c1ccc(S(=O)(=O)CC)cc1. The van der Waals surface area contributed by atoms with Crippen molar-refractivity contribution >= 4 is 15.7 Å². The maximum Gasteiger partial charge on any atom is 0.391 e. The van der Waals surface area contributed by atoms with Gasteiger partial charge in [-0.05, 0) is 74.3 Å². The normalized spacial score (nSPS) is 22.3. The summed E-state index contributed by atoms with van der Waals surface area (Å²) < 4.78 is 69.3. The molecule has 1 N–H and O–H groups in total. The third-order valence-electron chi connectivity index (χ3n) is 8.40. The summed E-state index contributed by atoms with van der Waals surface area (Å²) in [4.78, 5) is 20.5. The van der Waals surface area contributed by atoms with Crippen LogP contribution in [0.5, 0.6) is 0 Å². The zero-order valence-electron chi connectivity index (χ0n) is 23.9. The van der Waals surface area contributed by atoms with Crippen LogP contribution >= 0.6 is 0 Å². The fraction of sp³-hybridized carbons (Fsp3) is 0.600. The topological polar surface area (TPSA) is 88.6 Å². The first-order valence-electron chi connectivity index (χ1n) is 14.5. The summed E-state index contributed by atoms with van der Waals surface area (Å²) in [5.41, 5.74) is 3.03. The van der Waals surface area contributed by atoms with E-state index in [1.165, 1.54) is 0 Å². The van der Waals surface area contributed by atoms with Crippen LogP contribution in [0.4, 0.5) is 13.2 Å². The van der Waals surface area contributed by atoms with Gasteiger partial charge in [-0.15, -0.1) is 0 Å². The van der Waals surface area contributed by atoms with E-state index < -0.39 is 28.0 Å². The van der Waals surface area contributed by atoms with E-state index in [2.05, 4.69) is 22.1 Å². The molecule has 0 spiro atoms. The van der Waals surface area contributed by atoms with Gasteiger partial charge in [-0.25, -0.2) is 8.42 Å². The van der Waals surface area contributed by atoms with Crippen LogP contribution in [-0.4, -0.2) is 55.9 Å². The number of ether oxygens (including phenoxy) is 1. The smallest absolute Gasteiger partial charge is 0.379 e. The molecule has 2 aromatic rings. The summed E-state index contributed by atoms with van der Waals surface area (Å²) in [6, 6.07) is 7.93. The minimum absolute atomic E-state index is 0.00623. The molecule has 0 bridgehead atoms. The van der Waals surface area contributed by atoms with E-state index in [1.54, 1.807) is 37.4 Å². The highest BCUT2D eigenvalue weighted by Gasteiger charge is 2.42. The number of nitrogens with zero attached hydrogens (tertiary/aromatic N) is 2. The highest BCUT2D eigenvalue weighted by Crippen LogP contribution is 2.42. The number of hydrogen-bond acceptors (Lipinski definition) is 6. The number of fused-ring (bicyclic) bond motifs is 1. The van der Waals surface area contributed by atoms with E-state index in [-0.39, 0.29) is 48.0 Å². The van der Waals surface area contributed by atoms with Gasteiger partial charge in [-0.2, -0.15) is 13.2 Å².